The van der Waals surface area contributed by atoms with Crippen LogP contribution in [0, 0.1) is 0 Å². The van der Waals surface area contributed by atoms with Gasteiger partial charge in [0.25, 0.3) is 0 Å². The van der Waals surface area contributed by atoms with Crippen molar-refractivity contribution in [3.8, 4) is 33.4 Å². The molecule has 0 spiro atoms. The summed E-state index contributed by atoms with van der Waals surface area (Å²) >= 11 is 1.80. The molecular weight excluding hydrogens is 551 g/mol. The molecule has 0 unspecified atom stereocenters. The van der Waals surface area contributed by atoms with Gasteiger partial charge in [0.05, 0.1) is 5.48 Å². The van der Waals surface area contributed by atoms with Gasteiger partial charge in [-0.1, -0.05) is 121 Å². The Bertz CT molecular complexity index is 2390. The number of rotatable bonds is 6. The van der Waals surface area contributed by atoms with E-state index in [-0.39, 0.29) is 29.9 Å². The monoisotopic (exact) mass is 583 g/mol. The van der Waals surface area contributed by atoms with Gasteiger partial charge < -0.3 is 4.90 Å². The van der Waals surface area contributed by atoms with E-state index in [1.54, 1.807) is 11.3 Å². The topological polar surface area (TPSA) is 3.24 Å². The first-order chi connectivity index (χ1) is 23.5. The fourth-order valence-electron chi connectivity index (χ4n) is 5.72. The predicted molar refractivity (Wildman–Crippen MR) is 190 cm³/mol. The normalized spacial score (nSPS) is 12.5. The number of anilines is 3. The lowest BCUT2D eigenvalue weighted by atomic mass is 10.0. The third-order valence-corrected chi connectivity index (χ3v) is 9.12. The summed E-state index contributed by atoms with van der Waals surface area (Å²) < 4.78 is 39.0. The Balaban J connectivity index is 1.26. The average molecular weight is 584 g/mol. The molecule has 1 heterocycles. The summed E-state index contributed by atoms with van der Waals surface area (Å²) in [5, 5.41) is 2.49. The van der Waals surface area contributed by atoms with Crippen LogP contribution in [0.4, 0.5) is 17.1 Å². The van der Waals surface area contributed by atoms with Gasteiger partial charge in [0.15, 0.2) is 0 Å². The fourth-order valence-corrected chi connectivity index (χ4v) is 6.80. The van der Waals surface area contributed by atoms with Gasteiger partial charge in [0.2, 0.25) is 0 Å². The van der Waals surface area contributed by atoms with Crippen LogP contribution in [0.5, 0.6) is 0 Å². The lowest BCUT2D eigenvalue weighted by Crippen LogP contribution is -2.09. The maximum atomic E-state index is 9.20. The molecule has 8 rings (SSSR count). The van der Waals surface area contributed by atoms with Gasteiger partial charge in [-0.2, -0.15) is 0 Å². The first kappa shape index (κ1) is 22.1. The minimum atomic E-state index is -0.0964. The molecule has 0 saturated carbocycles. The Hall–Kier alpha value is -5.44. The van der Waals surface area contributed by atoms with E-state index in [2.05, 4.69) is 66.7 Å². The van der Waals surface area contributed by atoms with Crippen LogP contribution in [0.1, 0.15) is 5.48 Å². The Morgan fingerprint density at radius 3 is 1.48 bits per heavy atom. The molecule has 1 aromatic heterocycles. The summed E-state index contributed by atoms with van der Waals surface area (Å²) in [6.45, 7) is 0. The number of thiophene rings is 1. The molecule has 0 saturated heterocycles. The maximum absolute atomic E-state index is 9.20. The molecule has 0 atom stereocenters. The Morgan fingerprint density at radius 2 is 0.841 bits per heavy atom. The van der Waals surface area contributed by atoms with Crippen LogP contribution in [0.25, 0.3) is 53.6 Å². The van der Waals surface area contributed by atoms with E-state index in [0.29, 0.717) is 11.1 Å². The molecule has 0 radical (unpaired) electrons. The average Bonchev–Trinajstić information content (AvgIpc) is 3.52. The second kappa shape index (κ2) is 11.3. The summed E-state index contributed by atoms with van der Waals surface area (Å²) in [5.74, 6) is 0. The molecule has 2 heteroatoms. The van der Waals surface area contributed by atoms with E-state index in [1.807, 2.05) is 89.8 Å². The van der Waals surface area contributed by atoms with Gasteiger partial charge in [-0.3, -0.25) is 0 Å². The minimum Gasteiger partial charge on any atom is -0.311 e. The van der Waals surface area contributed by atoms with Crippen molar-refractivity contribution in [1.82, 2.24) is 0 Å². The molecule has 8 aromatic rings. The first-order valence-corrected chi connectivity index (χ1v) is 15.4. The van der Waals surface area contributed by atoms with Crippen molar-refractivity contribution in [2.75, 3.05) is 4.90 Å². The molecule has 0 amide bonds. The van der Waals surface area contributed by atoms with Crippen LogP contribution in [0.15, 0.2) is 176 Å². The maximum Gasteiger partial charge on any atom is 0.0645 e. The highest BCUT2D eigenvalue weighted by Gasteiger charge is 2.14. The van der Waals surface area contributed by atoms with Gasteiger partial charge in [0, 0.05) is 37.2 Å². The summed E-state index contributed by atoms with van der Waals surface area (Å²) in [7, 11) is 0. The van der Waals surface area contributed by atoms with Gasteiger partial charge in [-0.05, 0) is 87.9 Å². The zero-order chi connectivity index (χ0) is 32.8. The summed E-state index contributed by atoms with van der Waals surface area (Å²) in [6.07, 6.45) is 0. The van der Waals surface area contributed by atoms with Crippen molar-refractivity contribution in [2.24, 2.45) is 0 Å². The number of hydrogen-bond donors (Lipinski definition) is 0. The molecular formula is C42H29NS. The molecule has 44 heavy (non-hydrogen) atoms. The van der Waals surface area contributed by atoms with Crippen molar-refractivity contribution in [1.29, 1.82) is 0 Å². The molecule has 1 nitrogen and oxygen atoms in total. The van der Waals surface area contributed by atoms with Crippen LogP contribution in [0.2, 0.25) is 0 Å². The lowest BCUT2D eigenvalue weighted by Gasteiger charge is -2.26. The number of fused-ring (bicyclic) bond motifs is 3. The molecule has 0 aliphatic heterocycles. The van der Waals surface area contributed by atoms with E-state index in [4.69, 9.17) is 2.74 Å². The second-order valence-corrected chi connectivity index (χ2v) is 11.8. The third-order valence-electron chi connectivity index (χ3n) is 7.97. The van der Waals surface area contributed by atoms with Crippen molar-refractivity contribution in [2.45, 2.75) is 0 Å². The predicted octanol–water partition coefficient (Wildman–Crippen LogP) is 12.5. The van der Waals surface area contributed by atoms with Crippen LogP contribution in [-0.4, -0.2) is 0 Å². The largest absolute Gasteiger partial charge is 0.311 e. The van der Waals surface area contributed by atoms with E-state index in [1.165, 1.54) is 20.2 Å². The highest BCUT2D eigenvalue weighted by atomic mass is 32.1. The van der Waals surface area contributed by atoms with E-state index >= 15 is 0 Å². The van der Waals surface area contributed by atoms with Crippen molar-refractivity contribution < 1.29 is 5.48 Å². The zero-order valence-corrected chi connectivity index (χ0v) is 24.6. The zero-order valence-electron chi connectivity index (χ0n) is 27.8. The fraction of sp³-hybridized carbons (Fsp3) is 0. The Kier molecular flexibility index (Phi) is 5.70. The highest BCUT2D eigenvalue weighted by molar-refractivity contribution is 7.25. The molecule has 7 aromatic carbocycles. The lowest BCUT2D eigenvalue weighted by molar-refractivity contribution is 1.28. The van der Waals surface area contributed by atoms with Crippen LogP contribution in [0.3, 0.4) is 0 Å². The van der Waals surface area contributed by atoms with Gasteiger partial charge in [0.1, 0.15) is 0 Å². The molecule has 0 aliphatic carbocycles. The van der Waals surface area contributed by atoms with Crippen LogP contribution >= 0.6 is 11.3 Å². The number of benzene rings is 7. The number of nitrogens with zero attached hydrogens (tertiary/aromatic N) is 1. The third kappa shape index (κ3) is 4.96. The molecule has 0 aliphatic rings. The minimum absolute atomic E-state index is 0.0731. The summed E-state index contributed by atoms with van der Waals surface area (Å²) in [4.78, 5) is 1.84. The van der Waals surface area contributed by atoms with Crippen molar-refractivity contribution in [3.63, 3.8) is 0 Å². The second-order valence-electron chi connectivity index (χ2n) is 10.7. The molecule has 0 bridgehead atoms. The molecule has 0 N–H and O–H groups in total. The Morgan fingerprint density at radius 1 is 0.364 bits per heavy atom. The molecule has 0 fully saturated rings. The Labute approximate surface area is 267 Å². The summed E-state index contributed by atoms with van der Waals surface area (Å²) in [5.41, 5.74) is 6.92. The SMILES string of the molecule is [2H]c1c([2H])c(N(c2ccc(-c3ccccc3)cc2)c2ccc(-c3ccc4sc5ccccc5c4c3)cc2)c([2H])c([2H])c1-c1ccccc1. The number of hydrogen-bond acceptors (Lipinski definition) is 2. The van der Waals surface area contributed by atoms with Gasteiger partial charge >= 0.3 is 0 Å². The first-order valence-electron chi connectivity index (χ1n) is 16.6. The van der Waals surface area contributed by atoms with Gasteiger partial charge in [-0.15, -0.1) is 11.3 Å². The highest BCUT2D eigenvalue weighted by Crippen LogP contribution is 2.39. The van der Waals surface area contributed by atoms with Crippen LogP contribution in [-0.2, 0) is 0 Å². The van der Waals surface area contributed by atoms with E-state index < -0.39 is 0 Å². The standard InChI is InChI=1S/C42H29NS/c1-3-9-30(10-4-1)32-15-22-36(23-16-32)43(37-24-17-33(18-25-37)31-11-5-2-6-12-31)38-26-19-34(20-27-38)35-21-28-42-40(29-35)39-13-7-8-14-41(39)44-42/h1-29H/i15D,16D,22D,23D. The van der Waals surface area contributed by atoms with Gasteiger partial charge in [-0.25, -0.2) is 0 Å². The van der Waals surface area contributed by atoms with Crippen molar-refractivity contribution in [3.05, 3.63) is 176 Å². The van der Waals surface area contributed by atoms with Crippen molar-refractivity contribution >= 4 is 48.6 Å². The molecule has 208 valence electrons. The quantitative estimate of drug-likeness (QED) is 0.188. The van der Waals surface area contributed by atoms with Crippen LogP contribution < -0.4 is 4.90 Å². The smallest absolute Gasteiger partial charge is 0.0645 e. The summed E-state index contributed by atoms with van der Waals surface area (Å²) in [6, 6.07) is 50.2. The van der Waals surface area contributed by atoms with E-state index in [9.17, 15) is 2.74 Å². The van der Waals surface area contributed by atoms with E-state index in [0.717, 1.165) is 33.6 Å².